The van der Waals surface area contributed by atoms with Gasteiger partial charge in [0.1, 0.15) is 5.75 Å². The summed E-state index contributed by atoms with van der Waals surface area (Å²) in [6, 6.07) is 7.70. The van der Waals surface area contributed by atoms with Crippen LogP contribution in [-0.2, 0) is 15.6 Å². The number of carbonyl (C=O) groups is 1. The molecule has 0 amide bonds. The lowest BCUT2D eigenvalue weighted by Crippen LogP contribution is -2.10. The van der Waals surface area contributed by atoms with E-state index in [9.17, 15) is 13.2 Å². The molecule has 116 valence electrons. The zero-order valence-corrected chi connectivity index (χ0v) is 12.5. The molecule has 2 rings (SSSR count). The molecule has 0 radical (unpaired) electrons. The predicted molar refractivity (Wildman–Crippen MR) is 79.5 cm³/mol. The van der Waals surface area contributed by atoms with Crippen LogP contribution in [0.3, 0.4) is 0 Å². The molecule has 0 spiro atoms. The third-order valence-corrected chi connectivity index (χ3v) is 4.62. The Hall–Kier alpha value is -2.61. The summed E-state index contributed by atoms with van der Waals surface area (Å²) < 4.78 is 29.6. The molecule has 0 atom stereocenters. The van der Waals surface area contributed by atoms with E-state index < -0.39 is 15.8 Å². The van der Waals surface area contributed by atoms with Crippen LogP contribution in [0.25, 0.3) is 0 Å². The van der Waals surface area contributed by atoms with Gasteiger partial charge < -0.3 is 15.6 Å². The van der Waals surface area contributed by atoms with Crippen molar-refractivity contribution in [2.75, 3.05) is 12.8 Å². The number of ether oxygens (including phenoxy) is 1. The average molecular weight is 322 g/mol. The molecule has 8 heteroatoms. The van der Waals surface area contributed by atoms with Crippen LogP contribution in [-0.4, -0.2) is 31.6 Å². The highest BCUT2D eigenvalue weighted by molar-refractivity contribution is 7.90. The fraction of sp³-hybridized carbons (Fsp3) is 0.143. The fourth-order valence-electron chi connectivity index (χ4n) is 1.83. The number of rotatable bonds is 5. The van der Waals surface area contributed by atoms with Gasteiger partial charge in [0.15, 0.2) is 15.5 Å². The number of sulfone groups is 1. The largest absolute Gasteiger partial charge is 0.497 e. The lowest BCUT2D eigenvalue weighted by molar-refractivity contribution is 0.0691. The first kappa shape index (κ1) is 15.8. The molecule has 0 aliphatic heterocycles. The van der Waals surface area contributed by atoms with Gasteiger partial charge in [-0.05, 0) is 23.8 Å². The Balaban J connectivity index is 2.29. The highest BCUT2D eigenvalue weighted by Crippen LogP contribution is 2.21. The van der Waals surface area contributed by atoms with Gasteiger partial charge in [-0.2, -0.15) is 0 Å². The maximum atomic E-state index is 12.3. The van der Waals surface area contributed by atoms with Gasteiger partial charge >= 0.3 is 5.97 Å². The molecule has 1 heterocycles. The number of carboxylic acid groups (broad SMARTS) is 1. The van der Waals surface area contributed by atoms with E-state index in [1.807, 2.05) is 0 Å². The quantitative estimate of drug-likeness (QED) is 0.852. The Morgan fingerprint density at radius 2 is 1.95 bits per heavy atom. The summed E-state index contributed by atoms with van der Waals surface area (Å²) in [5.41, 5.74) is 5.53. The second kappa shape index (κ2) is 6.02. The van der Waals surface area contributed by atoms with E-state index in [4.69, 9.17) is 15.6 Å². The maximum absolute atomic E-state index is 12.3. The Kier molecular flexibility index (Phi) is 4.32. The van der Waals surface area contributed by atoms with E-state index in [-0.39, 0.29) is 22.0 Å². The number of nitrogens with two attached hydrogens (primary N) is 1. The van der Waals surface area contributed by atoms with Gasteiger partial charge in [-0.25, -0.2) is 18.2 Å². The van der Waals surface area contributed by atoms with E-state index >= 15 is 0 Å². The number of benzene rings is 1. The molecule has 1 aromatic heterocycles. The summed E-state index contributed by atoms with van der Waals surface area (Å²) >= 11 is 0. The molecular weight excluding hydrogens is 308 g/mol. The summed E-state index contributed by atoms with van der Waals surface area (Å²) in [6.07, 6.45) is 0.999. The first-order valence-corrected chi connectivity index (χ1v) is 7.83. The standard InChI is InChI=1S/C14H14N2O5S/c1-21-10-4-2-9(3-5-10)8-22(19,20)11-6-12(15)13(14(17)18)16-7-11/h2-7H,8,15H2,1H3,(H,17,18). The summed E-state index contributed by atoms with van der Waals surface area (Å²) in [5.74, 6) is -0.931. The number of aromatic nitrogens is 1. The minimum atomic E-state index is -3.67. The van der Waals surface area contributed by atoms with Crippen LogP contribution in [0.5, 0.6) is 5.75 Å². The summed E-state index contributed by atoms with van der Waals surface area (Å²) in [4.78, 5) is 14.3. The number of hydrogen-bond acceptors (Lipinski definition) is 6. The van der Waals surface area contributed by atoms with Crippen molar-refractivity contribution in [3.63, 3.8) is 0 Å². The highest BCUT2D eigenvalue weighted by Gasteiger charge is 2.19. The summed E-state index contributed by atoms with van der Waals surface area (Å²) in [7, 11) is -2.16. The average Bonchev–Trinajstić information content (AvgIpc) is 2.47. The van der Waals surface area contributed by atoms with E-state index in [2.05, 4.69) is 4.98 Å². The van der Waals surface area contributed by atoms with Crippen molar-refractivity contribution in [2.24, 2.45) is 0 Å². The first-order valence-electron chi connectivity index (χ1n) is 6.18. The fourth-order valence-corrected chi connectivity index (χ4v) is 3.15. The second-order valence-corrected chi connectivity index (χ2v) is 6.51. The Morgan fingerprint density at radius 3 is 2.45 bits per heavy atom. The van der Waals surface area contributed by atoms with E-state index in [0.717, 1.165) is 12.3 Å². The number of pyridine rings is 1. The molecule has 22 heavy (non-hydrogen) atoms. The van der Waals surface area contributed by atoms with Crippen LogP contribution in [0.15, 0.2) is 41.4 Å². The van der Waals surface area contributed by atoms with Gasteiger partial charge in [-0.1, -0.05) is 12.1 Å². The number of nitrogen functional groups attached to an aromatic ring is 1. The third-order valence-electron chi connectivity index (χ3n) is 2.97. The van der Waals surface area contributed by atoms with Crippen molar-refractivity contribution < 1.29 is 23.1 Å². The Bertz CT molecular complexity index is 800. The zero-order chi connectivity index (χ0) is 16.3. The summed E-state index contributed by atoms with van der Waals surface area (Å²) in [5, 5.41) is 8.84. The smallest absolute Gasteiger partial charge is 0.356 e. The molecule has 0 aliphatic rings. The van der Waals surface area contributed by atoms with Crippen molar-refractivity contribution in [3.05, 3.63) is 47.8 Å². The molecule has 2 aromatic rings. The van der Waals surface area contributed by atoms with Gasteiger partial charge in [0.2, 0.25) is 0 Å². The van der Waals surface area contributed by atoms with E-state index in [1.165, 1.54) is 7.11 Å². The van der Waals surface area contributed by atoms with Crippen molar-refractivity contribution in [3.8, 4) is 5.75 Å². The lowest BCUT2D eigenvalue weighted by atomic mass is 10.2. The van der Waals surface area contributed by atoms with E-state index in [1.54, 1.807) is 24.3 Å². The van der Waals surface area contributed by atoms with Gasteiger partial charge in [0.05, 0.1) is 23.4 Å². The molecule has 7 nitrogen and oxygen atoms in total. The Labute approximate surface area is 127 Å². The van der Waals surface area contributed by atoms with Crippen LogP contribution in [0.1, 0.15) is 16.1 Å². The summed E-state index contributed by atoms with van der Waals surface area (Å²) in [6.45, 7) is 0. The van der Waals surface area contributed by atoms with Crippen LogP contribution >= 0.6 is 0 Å². The minimum absolute atomic E-state index is 0.120. The molecular formula is C14H14N2O5S. The van der Waals surface area contributed by atoms with Crippen molar-refractivity contribution in [1.82, 2.24) is 4.98 Å². The number of carboxylic acids is 1. The molecule has 3 N–H and O–H groups in total. The second-order valence-electron chi connectivity index (χ2n) is 4.52. The van der Waals surface area contributed by atoms with Crippen molar-refractivity contribution >= 4 is 21.5 Å². The minimum Gasteiger partial charge on any atom is -0.497 e. The number of nitrogens with zero attached hydrogens (tertiary/aromatic N) is 1. The molecule has 0 unspecified atom stereocenters. The number of hydrogen-bond donors (Lipinski definition) is 2. The number of methoxy groups -OCH3 is 1. The first-order chi connectivity index (χ1) is 10.3. The number of aromatic carboxylic acids is 1. The monoisotopic (exact) mass is 322 g/mol. The Morgan fingerprint density at radius 1 is 1.32 bits per heavy atom. The normalized spacial score (nSPS) is 11.1. The maximum Gasteiger partial charge on any atom is 0.356 e. The topological polar surface area (TPSA) is 120 Å². The van der Waals surface area contributed by atoms with Crippen molar-refractivity contribution in [1.29, 1.82) is 0 Å². The SMILES string of the molecule is COc1ccc(CS(=O)(=O)c2cnc(C(=O)O)c(N)c2)cc1. The van der Waals surface area contributed by atoms with Gasteiger partial charge in [0.25, 0.3) is 0 Å². The van der Waals surface area contributed by atoms with Gasteiger partial charge in [-0.15, -0.1) is 0 Å². The molecule has 0 saturated heterocycles. The lowest BCUT2D eigenvalue weighted by Gasteiger charge is -2.07. The van der Waals surface area contributed by atoms with E-state index in [0.29, 0.717) is 11.3 Å². The molecule has 0 saturated carbocycles. The van der Waals surface area contributed by atoms with Gasteiger partial charge in [0, 0.05) is 6.20 Å². The molecule has 1 aromatic carbocycles. The van der Waals surface area contributed by atoms with Crippen LogP contribution in [0.2, 0.25) is 0 Å². The van der Waals surface area contributed by atoms with Crippen LogP contribution in [0, 0.1) is 0 Å². The molecule has 0 fully saturated rings. The van der Waals surface area contributed by atoms with Crippen molar-refractivity contribution in [2.45, 2.75) is 10.6 Å². The molecule has 0 bridgehead atoms. The zero-order valence-electron chi connectivity index (χ0n) is 11.7. The van der Waals surface area contributed by atoms with Crippen LogP contribution in [0.4, 0.5) is 5.69 Å². The number of anilines is 1. The predicted octanol–water partition coefficient (Wildman–Crippen LogP) is 1.34. The third kappa shape index (κ3) is 3.34. The molecule has 0 aliphatic carbocycles. The van der Waals surface area contributed by atoms with Crippen LogP contribution < -0.4 is 10.5 Å². The van der Waals surface area contributed by atoms with Gasteiger partial charge in [-0.3, -0.25) is 0 Å². The highest BCUT2D eigenvalue weighted by atomic mass is 32.2.